The Morgan fingerprint density at radius 2 is 0.667 bits per heavy atom. The largest absolute Gasteiger partial charge is 0.462 e. The standard InChI is InChI=1S/C57H98O6/c1-4-7-10-13-16-19-22-25-27-29-32-35-38-41-44-47-50-56(59)62-53-54(52-61-55(58)49-46-43-40-37-34-31-24-21-18-15-12-9-6-3)63-57(60)51-48-45-42-39-36-33-30-28-26-23-20-17-14-11-8-5-2/h7,10,16,19,25,27-28,30,32-33,35-36,54H,4-6,8-9,11-15,17-18,20-24,26,29,31,34,37-53H2,1-3H3/b10-7-,19-16-,27-25-,30-28-,35-32-,36-33-. The second kappa shape index (κ2) is 51.5. The molecule has 6 heteroatoms. The highest BCUT2D eigenvalue weighted by atomic mass is 16.6. The van der Waals surface area contributed by atoms with Crippen LogP contribution in [0.3, 0.4) is 0 Å². The minimum atomic E-state index is -0.800. The van der Waals surface area contributed by atoms with Crippen molar-refractivity contribution >= 4 is 17.9 Å². The second-order valence-electron chi connectivity index (χ2n) is 17.4. The molecular formula is C57H98O6. The molecule has 0 aromatic heterocycles. The number of hydrogen-bond acceptors (Lipinski definition) is 6. The van der Waals surface area contributed by atoms with Crippen LogP contribution in [0.15, 0.2) is 72.9 Å². The first-order chi connectivity index (χ1) is 31.0. The molecule has 0 radical (unpaired) electrons. The zero-order valence-electron chi connectivity index (χ0n) is 41.3. The molecule has 0 aliphatic rings. The highest BCUT2D eigenvalue weighted by Crippen LogP contribution is 2.15. The average molecular weight is 879 g/mol. The monoisotopic (exact) mass is 879 g/mol. The zero-order valence-corrected chi connectivity index (χ0v) is 41.3. The lowest BCUT2D eigenvalue weighted by atomic mass is 10.0. The molecule has 6 nitrogen and oxygen atoms in total. The van der Waals surface area contributed by atoms with E-state index in [4.69, 9.17) is 14.2 Å². The van der Waals surface area contributed by atoms with Crippen LogP contribution in [0, 0.1) is 0 Å². The summed E-state index contributed by atoms with van der Waals surface area (Å²) < 4.78 is 16.8. The van der Waals surface area contributed by atoms with Crippen LogP contribution in [0.25, 0.3) is 0 Å². The van der Waals surface area contributed by atoms with Gasteiger partial charge in [-0.05, 0) is 83.5 Å². The van der Waals surface area contributed by atoms with Crippen molar-refractivity contribution in [2.75, 3.05) is 13.2 Å². The first kappa shape index (κ1) is 59.9. The topological polar surface area (TPSA) is 78.9 Å². The summed E-state index contributed by atoms with van der Waals surface area (Å²) in [4.78, 5) is 38.0. The van der Waals surface area contributed by atoms with Crippen molar-refractivity contribution in [3.8, 4) is 0 Å². The Hall–Kier alpha value is -3.15. The molecule has 362 valence electrons. The smallest absolute Gasteiger partial charge is 0.306 e. The van der Waals surface area contributed by atoms with E-state index >= 15 is 0 Å². The van der Waals surface area contributed by atoms with Crippen molar-refractivity contribution in [1.29, 1.82) is 0 Å². The van der Waals surface area contributed by atoms with Crippen LogP contribution >= 0.6 is 0 Å². The van der Waals surface area contributed by atoms with Gasteiger partial charge in [0.2, 0.25) is 0 Å². The third-order valence-electron chi connectivity index (χ3n) is 11.2. The van der Waals surface area contributed by atoms with Crippen molar-refractivity contribution in [2.24, 2.45) is 0 Å². The van der Waals surface area contributed by atoms with Gasteiger partial charge in [-0.3, -0.25) is 14.4 Å². The first-order valence-electron chi connectivity index (χ1n) is 26.5. The minimum Gasteiger partial charge on any atom is -0.462 e. The summed E-state index contributed by atoms with van der Waals surface area (Å²) in [5, 5.41) is 0. The summed E-state index contributed by atoms with van der Waals surface area (Å²) in [6.45, 7) is 6.47. The Balaban J connectivity index is 4.48. The number of allylic oxidation sites excluding steroid dienone is 12. The summed E-state index contributed by atoms with van der Waals surface area (Å²) in [7, 11) is 0. The van der Waals surface area contributed by atoms with Crippen LogP contribution in [-0.2, 0) is 28.6 Å². The van der Waals surface area contributed by atoms with Gasteiger partial charge in [0.25, 0.3) is 0 Å². The maximum absolute atomic E-state index is 12.8. The summed E-state index contributed by atoms with van der Waals surface area (Å²) in [5.74, 6) is -0.950. The lowest BCUT2D eigenvalue weighted by Gasteiger charge is -2.18. The fraction of sp³-hybridized carbons (Fsp3) is 0.737. The molecule has 0 aromatic rings. The van der Waals surface area contributed by atoms with E-state index in [-0.39, 0.29) is 31.1 Å². The fourth-order valence-electron chi connectivity index (χ4n) is 7.25. The Morgan fingerprint density at radius 1 is 0.349 bits per heavy atom. The van der Waals surface area contributed by atoms with E-state index in [0.717, 1.165) is 103 Å². The minimum absolute atomic E-state index is 0.0948. The fourth-order valence-corrected chi connectivity index (χ4v) is 7.25. The molecule has 0 saturated heterocycles. The number of unbranched alkanes of at least 4 members (excludes halogenated alkanes) is 25. The van der Waals surface area contributed by atoms with Gasteiger partial charge in [-0.25, -0.2) is 0 Å². The van der Waals surface area contributed by atoms with Gasteiger partial charge in [-0.1, -0.05) is 222 Å². The third kappa shape index (κ3) is 49.7. The van der Waals surface area contributed by atoms with Gasteiger partial charge < -0.3 is 14.2 Å². The van der Waals surface area contributed by atoms with Crippen LogP contribution in [0.2, 0.25) is 0 Å². The molecule has 0 N–H and O–H groups in total. The van der Waals surface area contributed by atoms with Crippen molar-refractivity contribution in [3.63, 3.8) is 0 Å². The SMILES string of the molecule is CC/C=C\C/C=C\C/C=C\C/C=C\CCCCCC(=O)OCC(COC(=O)CCCCCCCCCCCCCCC)OC(=O)CCCCC/C=C\C=C/CCCCCCCCC. The Kier molecular flexibility index (Phi) is 48.9. The molecule has 1 unspecified atom stereocenters. The molecule has 0 bridgehead atoms. The predicted molar refractivity (Wildman–Crippen MR) is 270 cm³/mol. The van der Waals surface area contributed by atoms with Crippen molar-refractivity contribution in [2.45, 2.75) is 258 Å². The van der Waals surface area contributed by atoms with E-state index in [2.05, 4.69) is 93.7 Å². The van der Waals surface area contributed by atoms with E-state index in [9.17, 15) is 14.4 Å². The van der Waals surface area contributed by atoms with Gasteiger partial charge in [0, 0.05) is 19.3 Å². The molecule has 0 heterocycles. The lowest BCUT2D eigenvalue weighted by Crippen LogP contribution is -2.30. The maximum atomic E-state index is 12.8. The number of carbonyl (C=O) groups is 3. The number of ether oxygens (including phenoxy) is 3. The normalized spacial score (nSPS) is 12.6. The molecule has 63 heavy (non-hydrogen) atoms. The molecule has 0 amide bonds. The summed E-state index contributed by atoms with van der Waals surface area (Å²) in [5.41, 5.74) is 0. The number of rotatable bonds is 47. The van der Waals surface area contributed by atoms with Crippen LogP contribution in [0.5, 0.6) is 0 Å². The van der Waals surface area contributed by atoms with Gasteiger partial charge in [-0.2, -0.15) is 0 Å². The molecule has 0 aliphatic heterocycles. The van der Waals surface area contributed by atoms with E-state index in [1.165, 1.54) is 109 Å². The van der Waals surface area contributed by atoms with Crippen LogP contribution < -0.4 is 0 Å². The van der Waals surface area contributed by atoms with E-state index in [1.54, 1.807) is 0 Å². The highest BCUT2D eigenvalue weighted by Gasteiger charge is 2.19. The molecule has 1 atom stereocenters. The summed E-state index contributed by atoms with van der Waals surface area (Å²) >= 11 is 0. The van der Waals surface area contributed by atoms with E-state index < -0.39 is 6.10 Å². The van der Waals surface area contributed by atoms with Crippen molar-refractivity contribution in [3.05, 3.63) is 72.9 Å². The molecule has 0 saturated carbocycles. The van der Waals surface area contributed by atoms with Crippen LogP contribution in [0.1, 0.15) is 252 Å². The Bertz CT molecular complexity index is 1190. The van der Waals surface area contributed by atoms with Gasteiger partial charge in [0.05, 0.1) is 0 Å². The number of esters is 3. The maximum Gasteiger partial charge on any atom is 0.306 e. The summed E-state index contributed by atoms with van der Waals surface area (Å²) in [6, 6.07) is 0. The van der Waals surface area contributed by atoms with E-state index in [1.807, 2.05) is 0 Å². The van der Waals surface area contributed by atoms with Crippen LogP contribution in [0.4, 0.5) is 0 Å². The van der Waals surface area contributed by atoms with Gasteiger partial charge in [0.1, 0.15) is 13.2 Å². The van der Waals surface area contributed by atoms with Gasteiger partial charge in [-0.15, -0.1) is 0 Å². The quantitative estimate of drug-likeness (QED) is 0.0199. The Morgan fingerprint density at radius 3 is 1.08 bits per heavy atom. The molecule has 0 spiro atoms. The number of carbonyl (C=O) groups excluding carboxylic acids is 3. The number of hydrogen-bond donors (Lipinski definition) is 0. The van der Waals surface area contributed by atoms with Gasteiger partial charge in [0.15, 0.2) is 6.10 Å². The highest BCUT2D eigenvalue weighted by molar-refractivity contribution is 5.71. The zero-order chi connectivity index (χ0) is 45.8. The lowest BCUT2D eigenvalue weighted by molar-refractivity contribution is -0.167. The predicted octanol–water partition coefficient (Wildman–Crippen LogP) is 17.4. The Labute approximate surface area is 389 Å². The molecule has 0 aromatic carbocycles. The molecular weight excluding hydrogens is 781 g/mol. The molecule has 0 aliphatic carbocycles. The average Bonchev–Trinajstić information content (AvgIpc) is 3.28. The molecule has 0 fully saturated rings. The van der Waals surface area contributed by atoms with Crippen molar-refractivity contribution < 1.29 is 28.6 Å². The molecule has 0 rings (SSSR count). The first-order valence-corrected chi connectivity index (χ1v) is 26.5. The third-order valence-corrected chi connectivity index (χ3v) is 11.2. The second-order valence-corrected chi connectivity index (χ2v) is 17.4. The van der Waals surface area contributed by atoms with Crippen LogP contribution in [-0.4, -0.2) is 37.2 Å². The van der Waals surface area contributed by atoms with Crippen molar-refractivity contribution in [1.82, 2.24) is 0 Å². The van der Waals surface area contributed by atoms with E-state index in [0.29, 0.717) is 19.3 Å². The summed E-state index contributed by atoms with van der Waals surface area (Å²) in [6.07, 6.45) is 64.6. The van der Waals surface area contributed by atoms with Gasteiger partial charge >= 0.3 is 17.9 Å².